The summed E-state index contributed by atoms with van der Waals surface area (Å²) in [5, 5.41) is 3.99. The first-order valence-electron chi connectivity index (χ1n) is 11.5. The third-order valence-electron chi connectivity index (χ3n) is 5.82. The Morgan fingerprint density at radius 2 is 1.94 bits per heavy atom. The fraction of sp³-hybridized carbons (Fsp3) is 0.458. The van der Waals surface area contributed by atoms with E-state index in [0.717, 1.165) is 18.2 Å². The molecule has 1 saturated heterocycles. The molecule has 0 atom stereocenters. The zero-order valence-electron chi connectivity index (χ0n) is 20.2. The lowest BCUT2D eigenvalue weighted by molar-refractivity contribution is -0.137. The van der Waals surface area contributed by atoms with E-state index in [0.29, 0.717) is 56.1 Å². The van der Waals surface area contributed by atoms with E-state index in [4.69, 9.17) is 16.6 Å². The molecule has 1 aliphatic heterocycles. The zero-order valence-corrected chi connectivity index (χ0v) is 20.9. The number of allylic oxidation sites excluding steroid dienone is 4. The highest BCUT2D eigenvalue weighted by atomic mass is 35.5. The number of halogens is 4. The van der Waals surface area contributed by atoms with Gasteiger partial charge in [0.2, 0.25) is 0 Å². The lowest BCUT2D eigenvalue weighted by atomic mass is 10.2. The van der Waals surface area contributed by atoms with Crippen molar-refractivity contribution in [1.29, 1.82) is 0 Å². The van der Waals surface area contributed by atoms with Crippen LogP contribution in [0.25, 0.3) is 0 Å². The molecule has 1 fully saturated rings. The minimum Gasteiger partial charge on any atom is -0.354 e. The van der Waals surface area contributed by atoms with Gasteiger partial charge in [0, 0.05) is 63.6 Å². The van der Waals surface area contributed by atoms with Crippen molar-refractivity contribution in [3.05, 3.63) is 58.8 Å². The van der Waals surface area contributed by atoms with Gasteiger partial charge in [0.1, 0.15) is 11.7 Å². The highest BCUT2D eigenvalue weighted by Crippen LogP contribution is 2.35. The standard InChI is InChI=1S/C24H31ClF3N7/c1-4-33(3)23(29-2)32-21(18-7-5-8-19(25)11-10-18)31-17-34-13-15-35(16-14-34)22-20(24(26,27)28)9-6-12-30-22/h6-12H,4-5,13-17H2,1-3H3,(H,29,31,32). The van der Waals surface area contributed by atoms with Crippen molar-refractivity contribution in [2.24, 2.45) is 9.98 Å². The van der Waals surface area contributed by atoms with E-state index in [-0.39, 0.29) is 5.82 Å². The summed E-state index contributed by atoms with van der Waals surface area (Å²) in [6.07, 6.45) is 5.33. The third-order valence-corrected chi connectivity index (χ3v) is 6.10. The van der Waals surface area contributed by atoms with Crippen molar-refractivity contribution in [3.8, 4) is 0 Å². The first kappa shape index (κ1) is 26.7. The SMILES string of the molecule is CCN(C)C(=NC)N/C(=N\CN1CCN(c2ncccc2C(F)(F)F)CC1)C1=CCC=C(Cl)C=C1. The smallest absolute Gasteiger partial charge is 0.354 e. The maximum atomic E-state index is 13.4. The van der Waals surface area contributed by atoms with Crippen molar-refractivity contribution in [2.45, 2.75) is 19.5 Å². The Morgan fingerprint density at radius 1 is 1.20 bits per heavy atom. The van der Waals surface area contributed by atoms with Crippen LogP contribution in [0, 0.1) is 0 Å². The quantitative estimate of drug-likeness (QED) is 0.478. The Morgan fingerprint density at radius 3 is 2.60 bits per heavy atom. The minimum absolute atomic E-state index is 0.0185. The number of aromatic nitrogens is 1. The molecule has 190 valence electrons. The maximum absolute atomic E-state index is 13.4. The van der Waals surface area contributed by atoms with E-state index in [9.17, 15) is 13.2 Å². The number of piperazine rings is 1. The number of nitrogens with one attached hydrogen (secondary N) is 1. The molecular weight excluding hydrogens is 479 g/mol. The van der Waals surface area contributed by atoms with E-state index in [1.165, 1.54) is 12.3 Å². The predicted molar refractivity (Wildman–Crippen MR) is 136 cm³/mol. The van der Waals surface area contributed by atoms with E-state index in [1.807, 2.05) is 43.2 Å². The van der Waals surface area contributed by atoms with Crippen LogP contribution < -0.4 is 10.2 Å². The summed E-state index contributed by atoms with van der Waals surface area (Å²) in [5.41, 5.74) is 0.188. The summed E-state index contributed by atoms with van der Waals surface area (Å²) in [6.45, 7) is 5.19. The van der Waals surface area contributed by atoms with Crippen LogP contribution in [0.3, 0.4) is 0 Å². The minimum atomic E-state index is -4.44. The van der Waals surface area contributed by atoms with E-state index in [2.05, 4.69) is 20.2 Å². The molecule has 35 heavy (non-hydrogen) atoms. The average Bonchev–Trinajstić information content (AvgIpc) is 3.08. The van der Waals surface area contributed by atoms with Crippen LogP contribution in [0.15, 0.2) is 63.2 Å². The van der Waals surface area contributed by atoms with E-state index in [1.54, 1.807) is 11.9 Å². The molecule has 1 aliphatic carbocycles. The molecule has 3 rings (SSSR count). The molecule has 0 unspecified atom stereocenters. The van der Waals surface area contributed by atoms with Crippen LogP contribution in [0.4, 0.5) is 19.0 Å². The fourth-order valence-electron chi connectivity index (χ4n) is 3.70. The molecule has 2 aliphatic rings. The Balaban J connectivity index is 1.72. The van der Waals surface area contributed by atoms with Gasteiger partial charge in [-0.3, -0.25) is 14.9 Å². The molecule has 11 heteroatoms. The number of alkyl halides is 3. The first-order valence-corrected chi connectivity index (χ1v) is 11.8. The Kier molecular flexibility index (Phi) is 9.33. The molecule has 2 heterocycles. The van der Waals surface area contributed by atoms with Crippen LogP contribution in [-0.4, -0.2) is 80.1 Å². The summed E-state index contributed by atoms with van der Waals surface area (Å²) >= 11 is 6.16. The van der Waals surface area contributed by atoms with Gasteiger partial charge in [0.05, 0.1) is 12.2 Å². The van der Waals surface area contributed by atoms with Crippen molar-refractivity contribution >= 4 is 29.2 Å². The second-order valence-corrected chi connectivity index (χ2v) is 8.57. The number of hydrogen-bond acceptors (Lipinski definition) is 5. The fourth-order valence-corrected chi connectivity index (χ4v) is 3.85. The van der Waals surface area contributed by atoms with Gasteiger partial charge >= 0.3 is 6.18 Å². The molecule has 0 aromatic carbocycles. The van der Waals surface area contributed by atoms with Gasteiger partial charge < -0.3 is 15.1 Å². The van der Waals surface area contributed by atoms with E-state index >= 15 is 0 Å². The molecule has 0 radical (unpaired) electrons. The Bertz CT molecular complexity index is 1020. The predicted octanol–water partition coefficient (Wildman–Crippen LogP) is 4.11. The molecule has 1 N–H and O–H groups in total. The number of aliphatic imine (C=N–C) groups is 2. The second kappa shape index (κ2) is 12.2. The normalized spacial score (nSPS) is 18.2. The number of amidine groups is 1. The molecule has 1 aromatic heterocycles. The van der Waals surface area contributed by atoms with Crippen molar-refractivity contribution in [1.82, 2.24) is 20.1 Å². The van der Waals surface area contributed by atoms with Crippen molar-refractivity contribution < 1.29 is 13.2 Å². The van der Waals surface area contributed by atoms with Crippen LogP contribution in [0.2, 0.25) is 0 Å². The van der Waals surface area contributed by atoms with Gasteiger partial charge in [0.25, 0.3) is 0 Å². The summed E-state index contributed by atoms with van der Waals surface area (Å²) in [7, 11) is 3.66. The zero-order chi connectivity index (χ0) is 25.4. The molecule has 0 bridgehead atoms. The average molecular weight is 510 g/mol. The van der Waals surface area contributed by atoms with Gasteiger partial charge in [-0.15, -0.1) is 0 Å². The summed E-state index contributed by atoms with van der Waals surface area (Å²) in [5.74, 6) is 1.33. The van der Waals surface area contributed by atoms with Crippen LogP contribution >= 0.6 is 11.6 Å². The molecule has 0 spiro atoms. The molecule has 1 aromatic rings. The van der Waals surface area contributed by atoms with Gasteiger partial charge in [-0.05, 0) is 31.6 Å². The monoisotopic (exact) mass is 509 g/mol. The van der Waals surface area contributed by atoms with Crippen LogP contribution in [0.1, 0.15) is 18.9 Å². The highest BCUT2D eigenvalue weighted by molar-refractivity contribution is 6.31. The third kappa shape index (κ3) is 7.32. The molecular formula is C24H31ClF3N7. The number of guanidine groups is 1. The first-order chi connectivity index (χ1) is 16.7. The van der Waals surface area contributed by atoms with Gasteiger partial charge in [0.15, 0.2) is 5.96 Å². The molecule has 0 saturated carbocycles. The number of hydrogen-bond donors (Lipinski definition) is 1. The lowest BCUT2D eigenvalue weighted by Crippen LogP contribution is -2.48. The van der Waals surface area contributed by atoms with Crippen LogP contribution in [-0.2, 0) is 6.18 Å². The van der Waals surface area contributed by atoms with Gasteiger partial charge in [-0.2, -0.15) is 13.2 Å². The molecule has 7 nitrogen and oxygen atoms in total. The number of rotatable bonds is 5. The Hall–Kier alpha value is -2.85. The topological polar surface area (TPSA) is 59.4 Å². The second-order valence-electron chi connectivity index (χ2n) is 8.13. The van der Waals surface area contributed by atoms with Crippen LogP contribution in [0.5, 0.6) is 0 Å². The molecule has 0 amide bonds. The lowest BCUT2D eigenvalue weighted by Gasteiger charge is -2.35. The highest BCUT2D eigenvalue weighted by Gasteiger charge is 2.36. The largest absolute Gasteiger partial charge is 0.419 e. The maximum Gasteiger partial charge on any atom is 0.419 e. The van der Waals surface area contributed by atoms with Crippen molar-refractivity contribution in [2.75, 3.05) is 58.4 Å². The van der Waals surface area contributed by atoms with Gasteiger partial charge in [-0.25, -0.2) is 4.98 Å². The van der Waals surface area contributed by atoms with E-state index < -0.39 is 11.7 Å². The number of anilines is 1. The van der Waals surface area contributed by atoms with Gasteiger partial charge in [-0.1, -0.05) is 29.8 Å². The summed E-state index contributed by atoms with van der Waals surface area (Å²) < 4.78 is 40.2. The number of pyridine rings is 1. The number of nitrogens with zero attached hydrogens (tertiary/aromatic N) is 6. The Labute approximate surface area is 209 Å². The van der Waals surface area contributed by atoms with Crippen molar-refractivity contribution in [3.63, 3.8) is 0 Å². The summed E-state index contributed by atoms with van der Waals surface area (Å²) in [4.78, 5) is 18.9. The summed E-state index contributed by atoms with van der Waals surface area (Å²) in [6, 6.07) is 2.39.